The highest BCUT2D eigenvalue weighted by Crippen LogP contribution is 2.33. The van der Waals surface area contributed by atoms with Crippen molar-refractivity contribution in [3.8, 4) is 0 Å². The van der Waals surface area contributed by atoms with Crippen LogP contribution in [0.5, 0.6) is 0 Å². The summed E-state index contributed by atoms with van der Waals surface area (Å²) in [6, 6.07) is 6.60. The van der Waals surface area contributed by atoms with E-state index in [9.17, 15) is 0 Å². The highest BCUT2D eigenvalue weighted by atomic mass is 79.9. The molecule has 1 saturated carbocycles. The Morgan fingerprint density at radius 3 is 2.47 bits per heavy atom. The summed E-state index contributed by atoms with van der Waals surface area (Å²) in [5.41, 5.74) is 8.96. The number of nitrogens with two attached hydrogens (primary N) is 1. The van der Waals surface area contributed by atoms with Crippen molar-refractivity contribution in [1.82, 2.24) is 4.90 Å². The smallest absolute Gasteiger partial charge is 0.0511 e. The van der Waals surface area contributed by atoms with Gasteiger partial charge in [0.2, 0.25) is 0 Å². The van der Waals surface area contributed by atoms with Gasteiger partial charge in [-0.3, -0.25) is 4.90 Å². The number of benzene rings is 1. The number of piperazine rings is 1. The molecule has 4 heteroatoms. The monoisotopic (exact) mass is 323 g/mol. The lowest BCUT2D eigenvalue weighted by Gasteiger charge is -2.37. The zero-order valence-corrected chi connectivity index (χ0v) is 13.1. The maximum Gasteiger partial charge on any atom is 0.0511 e. The van der Waals surface area contributed by atoms with Crippen molar-refractivity contribution in [2.45, 2.75) is 25.3 Å². The van der Waals surface area contributed by atoms with Crippen LogP contribution in [-0.4, -0.2) is 43.2 Å². The SMILES string of the molecule is Cc1ccc(N2CCN(CC3(N)CC3)CC2)c(Br)c1. The molecular weight excluding hydrogens is 302 g/mol. The molecule has 0 amide bonds. The zero-order chi connectivity index (χ0) is 13.5. The van der Waals surface area contributed by atoms with Crippen molar-refractivity contribution >= 4 is 21.6 Å². The second-order valence-electron chi connectivity index (χ2n) is 6.08. The molecular formula is C15H22BrN3. The molecule has 19 heavy (non-hydrogen) atoms. The van der Waals surface area contributed by atoms with Crippen molar-refractivity contribution in [2.24, 2.45) is 5.73 Å². The Balaban J connectivity index is 1.60. The van der Waals surface area contributed by atoms with Gasteiger partial charge in [0.1, 0.15) is 0 Å². The summed E-state index contributed by atoms with van der Waals surface area (Å²) in [5, 5.41) is 0. The van der Waals surface area contributed by atoms with Gasteiger partial charge in [-0.1, -0.05) is 6.07 Å². The fraction of sp³-hybridized carbons (Fsp3) is 0.600. The molecule has 0 bridgehead atoms. The third kappa shape index (κ3) is 3.12. The predicted octanol–water partition coefficient (Wildman–Crippen LogP) is 2.37. The largest absolute Gasteiger partial charge is 0.368 e. The summed E-state index contributed by atoms with van der Waals surface area (Å²) in [7, 11) is 0. The van der Waals surface area contributed by atoms with Gasteiger partial charge in [0.25, 0.3) is 0 Å². The molecule has 2 fully saturated rings. The lowest BCUT2D eigenvalue weighted by atomic mass is 10.2. The maximum absolute atomic E-state index is 6.20. The minimum atomic E-state index is 0.145. The van der Waals surface area contributed by atoms with E-state index in [1.165, 1.54) is 28.6 Å². The number of hydrogen-bond acceptors (Lipinski definition) is 3. The summed E-state index contributed by atoms with van der Waals surface area (Å²) in [6.45, 7) is 7.65. The highest BCUT2D eigenvalue weighted by Gasteiger charge is 2.40. The van der Waals surface area contributed by atoms with Gasteiger partial charge < -0.3 is 10.6 Å². The van der Waals surface area contributed by atoms with E-state index in [-0.39, 0.29) is 5.54 Å². The Bertz CT molecular complexity index is 462. The van der Waals surface area contributed by atoms with Crippen molar-refractivity contribution < 1.29 is 0 Å². The Hall–Kier alpha value is -0.580. The van der Waals surface area contributed by atoms with E-state index in [1.807, 2.05) is 0 Å². The second-order valence-corrected chi connectivity index (χ2v) is 6.93. The standard InChI is InChI=1S/C15H22BrN3/c1-12-2-3-14(13(16)10-12)19-8-6-18(7-9-19)11-15(17)4-5-15/h2-3,10H,4-9,11,17H2,1H3. The Morgan fingerprint density at radius 2 is 1.89 bits per heavy atom. The Labute approximate surface area is 123 Å². The summed E-state index contributed by atoms with van der Waals surface area (Å²) >= 11 is 3.68. The maximum atomic E-state index is 6.20. The molecule has 0 spiro atoms. The van der Waals surface area contributed by atoms with Crippen LogP contribution < -0.4 is 10.6 Å². The van der Waals surface area contributed by atoms with Crippen LogP contribution >= 0.6 is 15.9 Å². The first-order valence-corrected chi connectivity index (χ1v) is 7.87. The van der Waals surface area contributed by atoms with Gasteiger partial charge in [-0.25, -0.2) is 0 Å². The molecule has 104 valence electrons. The van der Waals surface area contributed by atoms with Crippen LogP contribution in [0.3, 0.4) is 0 Å². The topological polar surface area (TPSA) is 32.5 Å². The van der Waals surface area contributed by atoms with E-state index in [1.54, 1.807) is 0 Å². The molecule has 3 rings (SSSR count). The first-order valence-electron chi connectivity index (χ1n) is 7.08. The van der Waals surface area contributed by atoms with Crippen molar-refractivity contribution in [2.75, 3.05) is 37.6 Å². The number of hydrogen-bond donors (Lipinski definition) is 1. The molecule has 1 aliphatic carbocycles. The second kappa shape index (κ2) is 5.08. The first-order chi connectivity index (χ1) is 9.06. The van der Waals surface area contributed by atoms with Gasteiger partial charge in [-0.2, -0.15) is 0 Å². The Morgan fingerprint density at radius 1 is 1.21 bits per heavy atom. The van der Waals surface area contributed by atoms with Gasteiger partial charge in [0, 0.05) is 42.7 Å². The average Bonchev–Trinajstić information content (AvgIpc) is 3.08. The summed E-state index contributed by atoms with van der Waals surface area (Å²) < 4.78 is 1.21. The van der Waals surface area contributed by atoms with Crippen molar-refractivity contribution in [1.29, 1.82) is 0 Å². The third-order valence-electron chi connectivity index (χ3n) is 4.25. The molecule has 1 heterocycles. The van der Waals surface area contributed by atoms with Crippen LogP contribution in [0.2, 0.25) is 0 Å². The molecule has 0 atom stereocenters. The number of rotatable bonds is 3. The summed E-state index contributed by atoms with van der Waals surface area (Å²) in [5.74, 6) is 0. The molecule has 2 N–H and O–H groups in total. The van der Waals surface area contributed by atoms with Gasteiger partial charge in [0.05, 0.1) is 5.69 Å². The minimum Gasteiger partial charge on any atom is -0.368 e. The van der Waals surface area contributed by atoms with E-state index >= 15 is 0 Å². The number of anilines is 1. The normalized spacial score (nSPS) is 22.6. The van der Waals surface area contributed by atoms with E-state index in [0.717, 1.165) is 32.7 Å². The van der Waals surface area contributed by atoms with E-state index in [4.69, 9.17) is 5.73 Å². The van der Waals surface area contributed by atoms with E-state index in [0.29, 0.717) is 0 Å². The van der Waals surface area contributed by atoms with Crippen molar-refractivity contribution in [3.05, 3.63) is 28.2 Å². The average molecular weight is 324 g/mol. The van der Waals surface area contributed by atoms with E-state index < -0.39 is 0 Å². The lowest BCUT2D eigenvalue weighted by Crippen LogP contribution is -2.50. The summed E-state index contributed by atoms with van der Waals surface area (Å²) in [4.78, 5) is 4.99. The number of nitrogens with zero attached hydrogens (tertiary/aromatic N) is 2. The van der Waals surface area contributed by atoms with Gasteiger partial charge in [0.15, 0.2) is 0 Å². The van der Waals surface area contributed by atoms with Crippen LogP contribution in [0, 0.1) is 6.92 Å². The van der Waals surface area contributed by atoms with Gasteiger partial charge >= 0.3 is 0 Å². The molecule has 1 aromatic carbocycles. The van der Waals surface area contributed by atoms with E-state index in [2.05, 4.69) is 50.9 Å². The lowest BCUT2D eigenvalue weighted by molar-refractivity contribution is 0.236. The molecule has 3 nitrogen and oxygen atoms in total. The molecule has 0 aromatic heterocycles. The van der Waals surface area contributed by atoms with Crippen LogP contribution in [0.1, 0.15) is 18.4 Å². The molecule has 1 aromatic rings. The Kier molecular flexibility index (Phi) is 3.58. The van der Waals surface area contributed by atoms with Crippen LogP contribution in [-0.2, 0) is 0 Å². The quantitative estimate of drug-likeness (QED) is 0.926. The minimum absolute atomic E-state index is 0.145. The van der Waals surface area contributed by atoms with Crippen LogP contribution in [0.4, 0.5) is 5.69 Å². The molecule has 1 aliphatic heterocycles. The third-order valence-corrected chi connectivity index (χ3v) is 4.88. The predicted molar refractivity (Wildman–Crippen MR) is 83.7 cm³/mol. The van der Waals surface area contributed by atoms with Crippen molar-refractivity contribution in [3.63, 3.8) is 0 Å². The van der Waals surface area contributed by atoms with Gasteiger partial charge in [-0.05, 0) is 53.4 Å². The van der Waals surface area contributed by atoms with Crippen LogP contribution in [0.25, 0.3) is 0 Å². The molecule has 1 saturated heterocycles. The van der Waals surface area contributed by atoms with Crippen LogP contribution in [0.15, 0.2) is 22.7 Å². The number of halogens is 1. The number of aryl methyl sites for hydroxylation is 1. The molecule has 0 radical (unpaired) electrons. The fourth-order valence-corrected chi connectivity index (χ4v) is 3.52. The summed E-state index contributed by atoms with van der Waals surface area (Å²) in [6.07, 6.45) is 2.41. The molecule has 2 aliphatic rings. The first kappa shape index (κ1) is 13.4. The zero-order valence-electron chi connectivity index (χ0n) is 11.5. The highest BCUT2D eigenvalue weighted by molar-refractivity contribution is 9.10. The van der Waals surface area contributed by atoms with Gasteiger partial charge in [-0.15, -0.1) is 0 Å². The molecule has 0 unspecified atom stereocenters. The fourth-order valence-electron chi connectivity index (χ4n) is 2.78.